The molecule has 1 aromatic rings. The smallest absolute Gasteiger partial charge is 0.153 e. The molecule has 0 aromatic heterocycles. The molecule has 5 heteroatoms. The summed E-state index contributed by atoms with van der Waals surface area (Å²) in [6, 6.07) is 7.51. The lowest BCUT2D eigenvalue weighted by Gasteiger charge is -2.05. The van der Waals surface area contributed by atoms with Crippen molar-refractivity contribution in [3.05, 3.63) is 27.8 Å². The number of sulfone groups is 1. The monoisotopic (exact) mass is 340 g/mol. The molecule has 0 unspecified atom stereocenters. The van der Waals surface area contributed by atoms with Crippen LogP contribution in [-0.2, 0) is 9.84 Å². The molecule has 3 nitrogen and oxygen atoms in total. The molecule has 0 spiro atoms. The summed E-state index contributed by atoms with van der Waals surface area (Å²) < 4.78 is 28.8. The molecule has 0 N–H and O–H groups in total. The Morgan fingerprint density at radius 3 is 2.40 bits per heavy atom. The summed E-state index contributed by atoms with van der Waals surface area (Å²) in [4.78, 5) is 0. The number of hydrogen-bond acceptors (Lipinski definition) is 3. The summed E-state index contributed by atoms with van der Waals surface area (Å²) in [5, 5.41) is 0. The van der Waals surface area contributed by atoms with E-state index in [-0.39, 0.29) is 18.1 Å². The fourth-order valence-corrected chi connectivity index (χ4v) is 1.95. The zero-order valence-corrected chi connectivity index (χ0v) is 11.4. The Kier molecular flexibility index (Phi) is 4.85. The second-order valence-corrected chi connectivity index (χ2v) is 6.76. The molecule has 0 saturated carbocycles. The highest BCUT2D eigenvalue weighted by Gasteiger charge is 2.06. The third-order valence-corrected chi connectivity index (χ3v) is 4.30. The van der Waals surface area contributed by atoms with Crippen LogP contribution < -0.4 is 4.74 Å². The SMILES string of the molecule is CCS(=O)(=O)CCOc1ccc(I)cc1. The predicted molar refractivity (Wildman–Crippen MR) is 69.0 cm³/mol. The third-order valence-electron chi connectivity index (χ3n) is 1.92. The van der Waals surface area contributed by atoms with Crippen molar-refractivity contribution in [3.63, 3.8) is 0 Å². The summed E-state index contributed by atoms with van der Waals surface area (Å²) in [7, 11) is -2.92. The van der Waals surface area contributed by atoms with E-state index in [2.05, 4.69) is 22.6 Å². The molecule has 0 saturated heterocycles. The summed E-state index contributed by atoms with van der Waals surface area (Å²) in [6.45, 7) is 1.86. The van der Waals surface area contributed by atoms with Crippen LogP contribution in [0.25, 0.3) is 0 Å². The van der Waals surface area contributed by atoms with Gasteiger partial charge in [0.2, 0.25) is 0 Å². The maximum absolute atomic E-state index is 11.2. The van der Waals surface area contributed by atoms with Crippen molar-refractivity contribution in [2.45, 2.75) is 6.92 Å². The molecule has 1 rings (SSSR count). The number of halogens is 1. The van der Waals surface area contributed by atoms with E-state index in [1.807, 2.05) is 24.3 Å². The molecular formula is C10H13IO3S. The van der Waals surface area contributed by atoms with Crippen LogP contribution >= 0.6 is 22.6 Å². The van der Waals surface area contributed by atoms with Gasteiger partial charge >= 0.3 is 0 Å². The third kappa shape index (κ3) is 4.83. The summed E-state index contributed by atoms with van der Waals surface area (Å²) in [5.74, 6) is 0.958. The van der Waals surface area contributed by atoms with Gasteiger partial charge in [0.05, 0.1) is 5.75 Å². The lowest BCUT2D eigenvalue weighted by molar-refractivity contribution is 0.341. The first-order valence-electron chi connectivity index (χ1n) is 4.62. The van der Waals surface area contributed by atoms with Gasteiger partial charge in [0.15, 0.2) is 9.84 Å². The van der Waals surface area contributed by atoms with Crippen molar-refractivity contribution in [2.75, 3.05) is 18.1 Å². The van der Waals surface area contributed by atoms with E-state index in [1.165, 1.54) is 0 Å². The van der Waals surface area contributed by atoms with Crippen molar-refractivity contribution < 1.29 is 13.2 Å². The zero-order valence-electron chi connectivity index (χ0n) is 8.44. The van der Waals surface area contributed by atoms with Gasteiger partial charge < -0.3 is 4.74 Å². The minimum absolute atomic E-state index is 0.0789. The normalized spacial score (nSPS) is 11.3. The molecule has 0 aliphatic heterocycles. The fraction of sp³-hybridized carbons (Fsp3) is 0.400. The van der Waals surface area contributed by atoms with Crippen molar-refractivity contribution in [1.82, 2.24) is 0 Å². The lowest BCUT2D eigenvalue weighted by atomic mass is 10.3. The van der Waals surface area contributed by atoms with E-state index in [9.17, 15) is 8.42 Å². The average Bonchev–Trinajstić information content (AvgIpc) is 2.21. The highest BCUT2D eigenvalue weighted by molar-refractivity contribution is 14.1. The second-order valence-electron chi connectivity index (χ2n) is 3.04. The second kappa shape index (κ2) is 5.69. The molecular weight excluding hydrogens is 327 g/mol. The Balaban J connectivity index is 2.42. The van der Waals surface area contributed by atoms with Crippen molar-refractivity contribution >= 4 is 32.4 Å². The average molecular weight is 340 g/mol. The van der Waals surface area contributed by atoms with Crippen LogP contribution in [0.15, 0.2) is 24.3 Å². The number of rotatable bonds is 5. The Bertz CT molecular complexity index is 397. The van der Waals surface area contributed by atoms with Gasteiger partial charge in [-0.05, 0) is 46.9 Å². The van der Waals surface area contributed by atoms with Gasteiger partial charge in [-0.3, -0.25) is 0 Å². The van der Waals surface area contributed by atoms with E-state index < -0.39 is 9.84 Å². The zero-order chi connectivity index (χ0) is 11.3. The van der Waals surface area contributed by atoms with Crippen LogP contribution in [0.1, 0.15) is 6.92 Å². The van der Waals surface area contributed by atoms with E-state index in [4.69, 9.17) is 4.74 Å². The number of benzene rings is 1. The van der Waals surface area contributed by atoms with Crippen LogP contribution in [-0.4, -0.2) is 26.5 Å². The Morgan fingerprint density at radius 2 is 1.87 bits per heavy atom. The molecule has 0 bridgehead atoms. The number of hydrogen-bond donors (Lipinski definition) is 0. The first-order chi connectivity index (χ1) is 7.03. The summed E-state index contributed by atoms with van der Waals surface area (Å²) >= 11 is 2.20. The van der Waals surface area contributed by atoms with Gasteiger partial charge in [-0.1, -0.05) is 6.92 Å². The summed E-state index contributed by atoms with van der Waals surface area (Å²) in [6.07, 6.45) is 0. The lowest BCUT2D eigenvalue weighted by Crippen LogP contribution is -2.15. The molecule has 0 radical (unpaired) electrons. The van der Waals surface area contributed by atoms with Gasteiger partial charge in [0.1, 0.15) is 12.4 Å². The maximum atomic E-state index is 11.2. The molecule has 0 atom stereocenters. The minimum atomic E-state index is -2.92. The van der Waals surface area contributed by atoms with Crippen LogP contribution in [0.3, 0.4) is 0 Å². The van der Waals surface area contributed by atoms with Crippen molar-refractivity contribution in [1.29, 1.82) is 0 Å². The Hall–Kier alpha value is -0.300. The largest absolute Gasteiger partial charge is 0.493 e. The molecule has 0 fully saturated rings. The first-order valence-corrected chi connectivity index (χ1v) is 7.52. The van der Waals surface area contributed by atoms with E-state index in [0.29, 0.717) is 5.75 Å². The molecule has 0 amide bonds. The quantitative estimate of drug-likeness (QED) is 0.771. The Labute approximate surface area is 104 Å². The van der Waals surface area contributed by atoms with Gasteiger partial charge in [0, 0.05) is 9.32 Å². The minimum Gasteiger partial charge on any atom is -0.493 e. The topological polar surface area (TPSA) is 43.4 Å². The molecule has 15 heavy (non-hydrogen) atoms. The van der Waals surface area contributed by atoms with Crippen molar-refractivity contribution in [3.8, 4) is 5.75 Å². The van der Waals surface area contributed by atoms with E-state index >= 15 is 0 Å². The van der Waals surface area contributed by atoms with Gasteiger partial charge in [0.25, 0.3) is 0 Å². The molecule has 1 aromatic carbocycles. The highest BCUT2D eigenvalue weighted by Crippen LogP contribution is 2.13. The molecule has 0 aliphatic carbocycles. The summed E-state index contributed by atoms with van der Waals surface area (Å²) in [5.41, 5.74) is 0. The van der Waals surface area contributed by atoms with Crippen LogP contribution in [0.4, 0.5) is 0 Å². The van der Waals surface area contributed by atoms with E-state index in [0.717, 1.165) is 3.57 Å². The van der Waals surface area contributed by atoms with Gasteiger partial charge in [-0.15, -0.1) is 0 Å². The first kappa shape index (κ1) is 12.8. The van der Waals surface area contributed by atoms with Gasteiger partial charge in [-0.2, -0.15) is 0 Å². The van der Waals surface area contributed by atoms with Crippen LogP contribution in [0.5, 0.6) is 5.75 Å². The molecule has 0 aliphatic rings. The molecule has 84 valence electrons. The standard InChI is InChI=1S/C10H13IO3S/c1-2-15(12,13)8-7-14-10-5-3-9(11)4-6-10/h3-6H,2,7-8H2,1H3. The highest BCUT2D eigenvalue weighted by atomic mass is 127. The number of ether oxygens (including phenoxy) is 1. The van der Waals surface area contributed by atoms with Crippen LogP contribution in [0.2, 0.25) is 0 Å². The Morgan fingerprint density at radius 1 is 1.27 bits per heavy atom. The molecule has 0 heterocycles. The van der Waals surface area contributed by atoms with Crippen molar-refractivity contribution in [2.24, 2.45) is 0 Å². The van der Waals surface area contributed by atoms with Crippen LogP contribution in [0, 0.1) is 3.57 Å². The fourth-order valence-electron chi connectivity index (χ4n) is 0.962. The van der Waals surface area contributed by atoms with E-state index in [1.54, 1.807) is 6.92 Å². The maximum Gasteiger partial charge on any atom is 0.153 e. The van der Waals surface area contributed by atoms with Gasteiger partial charge in [-0.25, -0.2) is 8.42 Å². The predicted octanol–water partition coefficient (Wildman–Crippen LogP) is 2.10.